The number of anilines is 2. The maximum atomic E-state index is 14.8. The first-order chi connectivity index (χ1) is 18.6. The predicted molar refractivity (Wildman–Crippen MR) is 132 cm³/mol. The highest BCUT2D eigenvalue weighted by atomic mass is 19.4. The number of alkyl halides is 8. The number of benzene rings is 4. The lowest BCUT2D eigenvalue weighted by molar-refractivity contribution is -0.374. The molecule has 0 aromatic heterocycles. The minimum absolute atomic E-state index is 0.106. The van der Waals surface area contributed by atoms with Gasteiger partial charge in [-0.2, -0.15) is 35.1 Å². The molecule has 4 rings (SSSR count). The molecule has 4 aromatic rings. The summed E-state index contributed by atoms with van der Waals surface area (Å²) in [5, 5.41) is 0. The zero-order valence-corrected chi connectivity index (χ0v) is 20.2. The molecule has 0 amide bonds. The quantitative estimate of drug-likeness (QED) is 0.157. The average Bonchev–Trinajstić information content (AvgIpc) is 2.91. The van der Waals surface area contributed by atoms with Gasteiger partial charge in [0.15, 0.2) is 0 Å². The molecule has 0 radical (unpaired) electrons. The Morgan fingerprint density at radius 3 is 0.850 bits per heavy atom. The summed E-state index contributed by atoms with van der Waals surface area (Å²) >= 11 is 0. The van der Waals surface area contributed by atoms with E-state index in [1.807, 2.05) is 0 Å². The van der Waals surface area contributed by atoms with E-state index in [1.54, 1.807) is 0 Å². The van der Waals surface area contributed by atoms with E-state index in [9.17, 15) is 35.1 Å². The van der Waals surface area contributed by atoms with Gasteiger partial charge in [-0.1, -0.05) is 0 Å². The Balaban J connectivity index is 1.55. The van der Waals surface area contributed by atoms with E-state index in [0.717, 1.165) is 24.3 Å². The SMILES string of the molecule is Nc1ccc(Oc2ccc(C(F)(F)C(F)(F)C(F)(F)C(F)(F)c3ccc(Oc4ccc(N)cc4)cc3)cc2)cc1. The van der Waals surface area contributed by atoms with Crippen molar-refractivity contribution >= 4 is 11.4 Å². The van der Waals surface area contributed by atoms with Crippen LogP contribution in [0.3, 0.4) is 0 Å². The van der Waals surface area contributed by atoms with Gasteiger partial charge in [0.05, 0.1) is 0 Å². The maximum Gasteiger partial charge on any atom is 0.382 e. The second-order valence-corrected chi connectivity index (χ2v) is 8.69. The van der Waals surface area contributed by atoms with Crippen molar-refractivity contribution in [1.82, 2.24) is 0 Å². The van der Waals surface area contributed by atoms with Crippen LogP contribution in [0.2, 0.25) is 0 Å². The number of ether oxygens (including phenoxy) is 2. The second kappa shape index (κ2) is 10.2. The van der Waals surface area contributed by atoms with Crippen molar-refractivity contribution in [3.05, 3.63) is 108 Å². The van der Waals surface area contributed by atoms with Gasteiger partial charge < -0.3 is 20.9 Å². The summed E-state index contributed by atoms with van der Waals surface area (Å²) in [6, 6.07) is 16.4. The second-order valence-electron chi connectivity index (χ2n) is 8.69. The van der Waals surface area contributed by atoms with Gasteiger partial charge in [0, 0.05) is 22.5 Å². The monoisotopic (exact) mass is 568 g/mol. The number of nitrogens with two attached hydrogens (primary N) is 2. The normalized spacial score (nSPS) is 12.7. The summed E-state index contributed by atoms with van der Waals surface area (Å²) in [4.78, 5) is 0. The molecule has 4 N–H and O–H groups in total. The lowest BCUT2D eigenvalue weighted by Crippen LogP contribution is -2.59. The van der Waals surface area contributed by atoms with Crippen LogP contribution in [-0.2, 0) is 11.8 Å². The first kappa shape index (κ1) is 28.5. The smallest absolute Gasteiger partial charge is 0.382 e. The van der Waals surface area contributed by atoms with E-state index >= 15 is 0 Å². The molecule has 0 spiro atoms. The fourth-order valence-corrected chi connectivity index (χ4v) is 3.57. The van der Waals surface area contributed by atoms with Crippen molar-refractivity contribution in [2.24, 2.45) is 0 Å². The van der Waals surface area contributed by atoms with E-state index in [1.165, 1.54) is 48.5 Å². The van der Waals surface area contributed by atoms with Gasteiger partial charge in [0.25, 0.3) is 0 Å². The molecule has 0 saturated carbocycles. The van der Waals surface area contributed by atoms with E-state index < -0.39 is 34.8 Å². The molecule has 0 aliphatic rings. The summed E-state index contributed by atoms with van der Waals surface area (Å²) < 4.78 is 128. The fraction of sp³-hybridized carbons (Fsp3) is 0.143. The standard InChI is InChI=1S/C28H20F8N2O2/c29-25(30,17-1-9-21(10-2-17)39-23-13-5-19(37)6-14-23)27(33,34)28(35,36)26(31,32)18-3-11-22(12-4-18)40-24-15-7-20(38)8-16-24/h1-16H,37-38H2. The minimum Gasteiger partial charge on any atom is -0.457 e. The van der Waals surface area contributed by atoms with Gasteiger partial charge in [0.2, 0.25) is 0 Å². The summed E-state index contributed by atoms with van der Waals surface area (Å²) in [6.07, 6.45) is 0. The van der Waals surface area contributed by atoms with Crippen molar-refractivity contribution in [3.63, 3.8) is 0 Å². The number of nitrogen functional groups attached to an aromatic ring is 2. The van der Waals surface area contributed by atoms with E-state index in [4.69, 9.17) is 20.9 Å². The molecule has 0 aliphatic heterocycles. The molecule has 0 saturated heterocycles. The summed E-state index contributed by atoms with van der Waals surface area (Å²) in [5.41, 5.74) is 8.65. The number of hydrogen-bond donors (Lipinski definition) is 2. The van der Waals surface area contributed by atoms with Gasteiger partial charge >= 0.3 is 23.7 Å². The zero-order valence-electron chi connectivity index (χ0n) is 20.2. The van der Waals surface area contributed by atoms with Gasteiger partial charge in [-0.3, -0.25) is 0 Å². The molecular weight excluding hydrogens is 548 g/mol. The number of halogens is 8. The summed E-state index contributed by atoms with van der Waals surface area (Å²) in [5.74, 6) is -24.2. The Morgan fingerprint density at radius 1 is 0.375 bits per heavy atom. The van der Waals surface area contributed by atoms with Crippen LogP contribution >= 0.6 is 0 Å². The summed E-state index contributed by atoms with van der Waals surface area (Å²) in [7, 11) is 0. The number of hydrogen-bond acceptors (Lipinski definition) is 4. The van der Waals surface area contributed by atoms with Crippen LogP contribution < -0.4 is 20.9 Å². The van der Waals surface area contributed by atoms with Crippen LogP contribution in [0.25, 0.3) is 0 Å². The Morgan fingerprint density at radius 2 is 0.600 bits per heavy atom. The summed E-state index contributed by atoms with van der Waals surface area (Å²) in [6.45, 7) is 0. The van der Waals surface area contributed by atoms with Crippen molar-refractivity contribution in [3.8, 4) is 23.0 Å². The van der Waals surface area contributed by atoms with Gasteiger partial charge in [-0.15, -0.1) is 0 Å². The lowest BCUT2D eigenvalue weighted by atomic mass is 9.90. The third-order valence-corrected chi connectivity index (χ3v) is 5.85. The van der Waals surface area contributed by atoms with Gasteiger partial charge in [-0.25, -0.2) is 0 Å². The maximum absolute atomic E-state index is 14.8. The van der Waals surface area contributed by atoms with E-state index in [2.05, 4.69) is 0 Å². The molecule has 0 fully saturated rings. The van der Waals surface area contributed by atoms with Gasteiger partial charge in [0.1, 0.15) is 23.0 Å². The van der Waals surface area contributed by atoms with Crippen molar-refractivity contribution in [2.75, 3.05) is 11.5 Å². The Bertz CT molecular complexity index is 1330. The average molecular weight is 568 g/mol. The fourth-order valence-electron chi connectivity index (χ4n) is 3.57. The number of rotatable bonds is 9. The molecule has 0 atom stereocenters. The molecule has 4 nitrogen and oxygen atoms in total. The van der Waals surface area contributed by atoms with Crippen LogP contribution in [0.4, 0.5) is 46.5 Å². The molecule has 12 heteroatoms. The van der Waals surface area contributed by atoms with Crippen LogP contribution in [0.1, 0.15) is 11.1 Å². The van der Waals surface area contributed by atoms with Crippen LogP contribution in [0, 0.1) is 0 Å². The van der Waals surface area contributed by atoms with Gasteiger partial charge in [-0.05, 0) is 97.1 Å². The molecule has 210 valence electrons. The molecule has 4 aromatic carbocycles. The minimum atomic E-state index is -6.51. The highest BCUT2D eigenvalue weighted by molar-refractivity contribution is 5.45. The van der Waals surface area contributed by atoms with Crippen molar-refractivity contribution in [1.29, 1.82) is 0 Å². The third kappa shape index (κ3) is 5.21. The van der Waals surface area contributed by atoms with Crippen LogP contribution in [0.5, 0.6) is 23.0 Å². The van der Waals surface area contributed by atoms with Crippen LogP contribution in [0.15, 0.2) is 97.1 Å². The highest BCUT2D eigenvalue weighted by Crippen LogP contribution is 2.59. The molecule has 0 aliphatic carbocycles. The van der Waals surface area contributed by atoms with Crippen molar-refractivity contribution < 1.29 is 44.6 Å². The first-order valence-corrected chi connectivity index (χ1v) is 11.4. The Kier molecular flexibility index (Phi) is 7.31. The predicted octanol–water partition coefficient (Wildman–Crippen LogP) is 8.59. The van der Waals surface area contributed by atoms with Crippen molar-refractivity contribution in [2.45, 2.75) is 23.7 Å². The molecular formula is C28H20F8N2O2. The molecule has 40 heavy (non-hydrogen) atoms. The molecule has 0 bridgehead atoms. The third-order valence-electron chi connectivity index (χ3n) is 5.85. The Labute approximate surface area is 222 Å². The molecule has 0 heterocycles. The van der Waals surface area contributed by atoms with Crippen LogP contribution in [-0.4, -0.2) is 11.8 Å². The zero-order chi connectivity index (χ0) is 29.3. The first-order valence-electron chi connectivity index (χ1n) is 11.4. The largest absolute Gasteiger partial charge is 0.457 e. The lowest BCUT2D eigenvalue weighted by Gasteiger charge is -2.37. The van der Waals surface area contributed by atoms with E-state index in [-0.39, 0.29) is 23.0 Å². The van der Waals surface area contributed by atoms with E-state index in [0.29, 0.717) is 35.6 Å². The topological polar surface area (TPSA) is 70.5 Å². The Hall–Kier alpha value is -4.48. The molecule has 0 unspecified atom stereocenters. The highest BCUT2D eigenvalue weighted by Gasteiger charge is 2.81.